The molecule has 0 bridgehead atoms. The Kier molecular flexibility index (Phi) is 3.93. The number of fused-ring (bicyclic) bond motifs is 1. The van der Waals surface area contributed by atoms with Crippen molar-refractivity contribution >= 4 is 34.0 Å². The van der Waals surface area contributed by atoms with Crippen LogP contribution >= 0.6 is 22.9 Å². The Balaban J connectivity index is 1.80. The molecular formula is C14H13ClFN3OS. The Morgan fingerprint density at radius 2 is 2.33 bits per heavy atom. The molecule has 0 saturated carbocycles. The number of aromatic nitrogens is 1. The normalized spacial score (nSPS) is 17.4. The summed E-state index contributed by atoms with van der Waals surface area (Å²) in [6, 6.07) is 4.02. The van der Waals surface area contributed by atoms with Gasteiger partial charge in [-0.2, -0.15) is 0 Å². The van der Waals surface area contributed by atoms with Crippen molar-refractivity contribution in [3.05, 3.63) is 45.2 Å². The number of carbonyl (C=O) groups excluding carboxylic acids is 1. The molecule has 7 heteroatoms. The maximum atomic E-state index is 13.6. The summed E-state index contributed by atoms with van der Waals surface area (Å²) in [7, 11) is 0. The number of amides is 1. The van der Waals surface area contributed by atoms with Gasteiger partial charge >= 0.3 is 0 Å². The summed E-state index contributed by atoms with van der Waals surface area (Å²) in [5, 5.41) is 3.41. The summed E-state index contributed by atoms with van der Waals surface area (Å²) in [4.78, 5) is 17.6. The van der Waals surface area contributed by atoms with Crippen molar-refractivity contribution in [3.8, 4) is 0 Å². The molecule has 0 spiro atoms. The monoisotopic (exact) mass is 325 g/mol. The van der Waals surface area contributed by atoms with E-state index in [1.54, 1.807) is 0 Å². The number of nitrogens with two attached hydrogens (primary N) is 1. The highest BCUT2D eigenvalue weighted by Gasteiger charge is 2.21. The minimum absolute atomic E-state index is 0.0904. The molecule has 0 radical (unpaired) electrons. The minimum atomic E-state index is -0.611. The summed E-state index contributed by atoms with van der Waals surface area (Å²) in [6.07, 6.45) is 2.48. The van der Waals surface area contributed by atoms with E-state index in [-0.39, 0.29) is 11.6 Å². The summed E-state index contributed by atoms with van der Waals surface area (Å²) >= 11 is 7.18. The van der Waals surface area contributed by atoms with Crippen LogP contribution in [0.15, 0.2) is 18.2 Å². The highest BCUT2D eigenvalue weighted by atomic mass is 35.5. The lowest BCUT2D eigenvalue weighted by Gasteiger charge is -2.15. The van der Waals surface area contributed by atoms with E-state index in [1.807, 2.05) is 0 Å². The highest BCUT2D eigenvalue weighted by Crippen LogP contribution is 2.29. The summed E-state index contributed by atoms with van der Waals surface area (Å²) in [6.45, 7) is 0. The van der Waals surface area contributed by atoms with E-state index in [0.717, 1.165) is 29.8 Å². The van der Waals surface area contributed by atoms with Crippen molar-refractivity contribution in [1.82, 2.24) is 4.98 Å². The van der Waals surface area contributed by atoms with E-state index in [2.05, 4.69) is 10.3 Å². The molecule has 110 valence electrons. The average molecular weight is 326 g/mol. The first kappa shape index (κ1) is 14.4. The number of anilines is 1. The molecule has 3 N–H and O–H groups in total. The zero-order valence-electron chi connectivity index (χ0n) is 11.0. The van der Waals surface area contributed by atoms with Gasteiger partial charge in [0.25, 0.3) is 5.91 Å². The van der Waals surface area contributed by atoms with Crippen LogP contribution in [0.5, 0.6) is 0 Å². The largest absolute Gasteiger partial charge is 0.327 e. The van der Waals surface area contributed by atoms with Crippen LogP contribution in [0.4, 0.5) is 9.52 Å². The van der Waals surface area contributed by atoms with Gasteiger partial charge in [-0.3, -0.25) is 10.1 Å². The van der Waals surface area contributed by atoms with Crippen LogP contribution in [0, 0.1) is 5.82 Å². The fraction of sp³-hybridized carbons (Fsp3) is 0.286. The predicted molar refractivity (Wildman–Crippen MR) is 81.5 cm³/mol. The van der Waals surface area contributed by atoms with Crippen molar-refractivity contribution < 1.29 is 9.18 Å². The number of aryl methyl sites for hydroxylation is 1. The number of hydrogen-bond acceptors (Lipinski definition) is 4. The quantitative estimate of drug-likeness (QED) is 0.892. The fourth-order valence-electron chi connectivity index (χ4n) is 2.29. The zero-order valence-corrected chi connectivity index (χ0v) is 12.6. The second-order valence-corrected chi connectivity index (χ2v) is 6.49. The van der Waals surface area contributed by atoms with Crippen molar-refractivity contribution in [3.63, 3.8) is 0 Å². The predicted octanol–water partition coefficient (Wildman–Crippen LogP) is 3.00. The molecule has 0 aliphatic heterocycles. The van der Waals surface area contributed by atoms with Gasteiger partial charge in [-0.05, 0) is 37.5 Å². The number of nitrogens with one attached hydrogen (secondary N) is 1. The number of halogens is 2. The molecule has 0 fully saturated rings. The first-order valence-corrected chi connectivity index (χ1v) is 7.73. The molecule has 21 heavy (non-hydrogen) atoms. The number of nitrogens with zero attached hydrogens (tertiary/aromatic N) is 1. The molecule has 1 aromatic heterocycles. The fourth-order valence-corrected chi connectivity index (χ4v) is 3.56. The Labute approximate surface area is 130 Å². The van der Waals surface area contributed by atoms with Crippen LogP contribution in [-0.2, 0) is 12.8 Å². The van der Waals surface area contributed by atoms with Crippen LogP contribution in [0.1, 0.15) is 27.3 Å². The van der Waals surface area contributed by atoms with Gasteiger partial charge < -0.3 is 5.73 Å². The molecule has 1 amide bonds. The lowest BCUT2D eigenvalue weighted by molar-refractivity contribution is 0.102. The second kappa shape index (κ2) is 5.71. The van der Waals surface area contributed by atoms with Gasteiger partial charge in [0.1, 0.15) is 5.82 Å². The average Bonchev–Trinajstić information content (AvgIpc) is 2.82. The SMILES string of the molecule is N[C@H]1CCc2nc(NC(=O)c3cc(Cl)ccc3F)sc2C1. The van der Waals surface area contributed by atoms with E-state index >= 15 is 0 Å². The molecule has 1 atom stereocenters. The Morgan fingerprint density at radius 3 is 3.14 bits per heavy atom. The van der Waals surface area contributed by atoms with Crippen molar-refractivity contribution in [2.45, 2.75) is 25.3 Å². The van der Waals surface area contributed by atoms with Gasteiger partial charge in [0, 0.05) is 15.9 Å². The molecule has 4 nitrogen and oxygen atoms in total. The molecule has 3 rings (SSSR count). The van der Waals surface area contributed by atoms with Crippen LogP contribution in [-0.4, -0.2) is 16.9 Å². The summed E-state index contributed by atoms with van der Waals surface area (Å²) < 4.78 is 13.6. The van der Waals surface area contributed by atoms with E-state index in [1.165, 1.54) is 29.5 Å². The Morgan fingerprint density at radius 1 is 1.52 bits per heavy atom. The van der Waals surface area contributed by atoms with Gasteiger partial charge in [0.2, 0.25) is 0 Å². The van der Waals surface area contributed by atoms with Crippen molar-refractivity contribution in [2.24, 2.45) is 5.73 Å². The third kappa shape index (κ3) is 3.07. The van der Waals surface area contributed by atoms with Gasteiger partial charge in [-0.1, -0.05) is 11.6 Å². The zero-order chi connectivity index (χ0) is 15.0. The van der Waals surface area contributed by atoms with E-state index < -0.39 is 11.7 Å². The van der Waals surface area contributed by atoms with E-state index in [4.69, 9.17) is 17.3 Å². The molecular weight excluding hydrogens is 313 g/mol. The second-order valence-electron chi connectivity index (χ2n) is 4.97. The molecule has 1 heterocycles. The number of rotatable bonds is 2. The molecule has 1 aliphatic carbocycles. The van der Waals surface area contributed by atoms with E-state index in [0.29, 0.717) is 10.2 Å². The van der Waals surface area contributed by atoms with Crippen LogP contribution in [0.3, 0.4) is 0 Å². The third-order valence-electron chi connectivity index (χ3n) is 3.37. The smallest absolute Gasteiger partial charge is 0.260 e. The first-order chi connectivity index (χ1) is 10.0. The van der Waals surface area contributed by atoms with Crippen LogP contribution in [0.25, 0.3) is 0 Å². The number of benzene rings is 1. The molecule has 0 unspecified atom stereocenters. The summed E-state index contributed by atoms with van der Waals surface area (Å²) in [5.74, 6) is -1.16. The van der Waals surface area contributed by atoms with Crippen molar-refractivity contribution in [2.75, 3.05) is 5.32 Å². The molecule has 2 aromatic rings. The van der Waals surface area contributed by atoms with Gasteiger partial charge in [0.05, 0.1) is 11.3 Å². The van der Waals surface area contributed by atoms with Crippen LogP contribution < -0.4 is 11.1 Å². The number of carbonyl (C=O) groups is 1. The van der Waals surface area contributed by atoms with E-state index in [9.17, 15) is 9.18 Å². The molecule has 1 aliphatic rings. The highest BCUT2D eigenvalue weighted by molar-refractivity contribution is 7.15. The minimum Gasteiger partial charge on any atom is -0.327 e. The lowest BCUT2D eigenvalue weighted by Crippen LogP contribution is -2.27. The van der Waals surface area contributed by atoms with Crippen molar-refractivity contribution in [1.29, 1.82) is 0 Å². The Hall–Kier alpha value is -1.50. The first-order valence-electron chi connectivity index (χ1n) is 6.53. The number of thiazole rings is 1. The van der Waals surface area contributed by atoms with Gasteiger partial charge in [-0.25, -0.2) is 9.37 Å². The maximum absolute atomic E-state index is 13.6. The lowest BCUT2D eigenvalue weighted by atomic mass is 9.99. The Bertz CT molecular complexity index is 704. The standard InChI is InChI=1S/C14H13ClFN3OS/c15-7-1-3-10(16)9(5-7)13(20)19-14-18-11-4-2-8(17)6-12(11)21-14/h1,3,5,8H,2,4,6,17H2,(H,18,19,20)/t8-/m0/s1. The maximum Gasteiger partial charge on any atom is 0.260 e. The molecule has 0 saturated heterocycles. The van der Waals surface area contributed by atoms with Gasteiger partial charge in [0.15, 0.2) is 5.13 Å². The topological polar surface area (TPSA) is 68.0 Å². The van der Waals surface area contributed by atoms with Gasteiger partial charge in [-0.15, -0.1) is 11.3 Å². The summed E-state index contributed by atoms with van der Waals surface area (Å²) in [5.41, 5.74) is 6.80. The molecule has 1 aromatic carbocycles. The van der Waals surface area contributed by atoms with Crippen LogP contribution in [0.2, 0.25) is 5.02 Å². The third-order valence-corrected chi connectivity index (χ3v) is 4.64. The number of hydrogen-bond donors (Lipinski definition) is 2.